The Kier molecular flexibility index (Phi) is 5.24. The molecule has 1 aromatic heterocycles. The van der Waals surface area contributed by atoms with Crippen molar-refractivity contribution in [1.82, 2.24) is 0 Å². The van der Waals surface area contributed by atoms with Crippen molar-refractivity contribution in [2.45, 2.75) is 0 Å². The van der Waals surface area contributed by atoms with Crippen LogP contribution in [0.4, 0.5) is 0 Å². The molecule has 8 aromatic carbocycles. The van der Waals surface area contributed by atoms with Crippen LogP contribution in [0.3, 0.4) is 0 Å². The SMILES string of the molecule is [2H]c1ccc2cc(-c3c4ccccc4c(-c4ccc(-c5ccc6sc7ccccc7c6c5)cc4)c4ccccc34)ccc2c1. The Labute approximate surface area is 255 Å². The number of rotatable bonds is 3. The third-order valence-electron chi connectivity index (χ3n) is 8.79. The monoisotopic (exact) mass is 563 g/mol. The van der Waals surface area contributed by atoms with E-state index in [2.05, 4.69) is 140 Å². The van der Waals surface area contributed by atoms with E-state index in [1.807, 2.05) is 23.5 Å². The van der Waals surface area contributed by atoms with Crippen LogP contribution in [0.1, 0.15) is 1.37 Å². The highest BCUT2D eigenvalue weighted by Crippen LogP contribution is 2.44. The van der Waals surface area contributed by atoms with Crippen molar-refractivity contribution in [3.8, 4) is 33.4 Å². The zero-order chi connectivity index (χ0) is 29.2. The van der Waals surface area contributed by atoms with Crippen LogP contribution in [-0.2, 0) is 0 Å². The highest BCUT2D eigenvalue weighted by Gasteiger charge is 2.17. The summed E-state index contributed by atoms with van der Waals surface area (Å²) in [6, 6.07) is 55.3. The van der Waals surface area contributed by atoms with E-state index in [0.717, 1.165) is 10.8 Å². The molecule has 0 bridgehead atoms. The van der Waals surface area contributed by atoms with Crippen molar-refractivity contribution in [2.24, 2.45) is 0 Å². The van der Waals surface area contributed by atoms with Crippen LogP contribution in [0.15, 0.2) is 158 Å². The minimum Gasteiger partial charge on any atom is -0.135 e. The average Bonchev–Trinajstić information content (AvgIpc) is 3.45. The van der Waals surface area contributed by atoms with E-state index in [4.69, 9.17) is 1.37 Å². The second-order valence-corrected chi connectivity index (χ2v) is 12.3. The van der Waals surface area contributed by atoms with Crippen molar-refractivity contribution < 1.29 is 1.37 Å². The number of thiophene rings is 1. The van der Waals surface area contributed by atoms with Crippen molar-refractivity contribution in [3.63, 3.8) is 0 Å². The lowest BCUT2D eigenvalue weighted by Crippen LogP contribution is -1.91. The van der Waals surface area contributed by atoms with E-state index < -0.39 is 0 Å². The summed E-state index contributed by atoms with van der Waals surface area (Å²) < 4.78 is 10.7. The molecule has 0 fully saturated rings. The van der Waals surface area contributed by atoms with Gasteiger partial charge in [-0.3, -0.25) is 0 Å². The smallest absolute Gasteiger partial charge is 0.0623 e. The molecular weight excluding hydrogens is 537 g/mol. The highest BCUT2D eigenvalue weighted by molar-refractivity contribution is 7.25. The van der Waals surface area contributed by atoms with E-state index in [0.29, 0.717) is 6.04 Å². The van der Waals surface area contributed by atoms with Crippen molar-refractivity contribution in [3.05, 3.63) is 158 Å². The fraction of sp³-hybridized carbons (Fsp3) is 0. The Balaban J connectivity index is 1.22. The van der Waals surface area contributed by atoms with Crippen LogP contribution in [-0.4, -0.2) is 0 Å². The molecule has 0 aliphatic carbocycles. The molecule has 0 nitrogen and oxygen atoms in total. The maximum absolute atomic E-state index is 8.03. The minimum absolute atomic E-state index is 0.539. The third kappa shape index (κ3) is 3.90. The second kappa shape index (κ2) is 9.66. The largest absolute Gasteiger partial charge is 0.135 e. The van der Waals surface area contributed by atoms with Gasteiger partial charge in [0.15, 0.2) is 0 Å². The molecule has 0 saturated carbocycles. The zero-order valence-electron chi connectivity index (χ0n) is 24.3. The standard InChI is InChI=1S/C42H26S/c1-2-10-30-25-32(22-19-27(30)9-1)42-36-14-5-3-12-34(36)41(35-13-4-6-15-37(35)42)29-20-17-28(18-21-29)31-23-24-40-38(26-31)33-11-7-8-16-39(33)43-40/h1-26H/i1D. The number of benzene rings is 8. The molecule has 43 heavy (non-hydrogen) atoms. The van der Waals surface area contributed by atoms with Crippen LogP contribution in [0.2, 0.25) is 0 Å². The van der Waals surface area contributed by atoms with Crippen molar-refractivity contribution >= 4 is 63.8 Å². The Hall–Kier alpha value is -5.24. The van der Waals surface area contributed by atoms with E-state index in [9.17, 15) is 0 Å². The molecule has 0 aliphatic heterocycles. The maximum atomic E-state index is 8.03. The quantitative estimate of drug-likeness (QED) is 0.188. The normalized spacial score (nSPS) is 12.0. The van der Waals surface area contributed by atoms with E-state index >= 15 is 0 Å². The summed E-state index contributed by atoms with van der Waals surface area (Å²) >= 11 is 1.86. The Bertz CT molecular complexity index is 2500. The molecule has 0 N–H and O–H groups in total. The molecule has 1 heteroatoms. The van der Waals surface area contributed by atoms with Gasteiger partial charge in [0.1, 0.15) is 0 Å². The fourth-order valence-electron chi connectivity index (χ4n) is 6.77. The summed E-state index contributed by atoms with van der Waals surface area (Å²) in [7, 11) is 0. The van der Waals surface area contributed by atoms with Crippen molar-refractivity contribution in [1.29, 1.82) is 0 Å². The summed E-state index contributed by atoms with van der Waals surface area (Å²) in [5, 5.41) is 9.90. The first kappa shape index (κ1) is 23.3. The first-order chi connectivity index (χ1) is 21.7. The van der Waals surface area contributed by atoms with Gasteiger partial charge in [-0.1, -0.05) is 133 Å². The maximum Gasteiger partial charge on any atom is 0.0623 e. The third-order valence-corrected chi connectivity index (χ3v) is 9.94. The highest BCUT2D eigenvalue weighted by atomic mass is 32.1. The number of fused-ring (bicyclic) bond motifs is 6. The summed E-state index contributed by atoms with van der Waals surface area (Å²) in [5.41, 5.74) is 7.40. The first-order valence-electron chi connectivity index (χ1n) is 15.2. The van der Waals surface area contributed by atoms with Gasteiger partial charge in [0, 0.05) is 20.2 Å². The second-order valence-electron chi connectivity index (χ2n) is 11.2. The first-order valence-corrected chi connectivity index (χ1v) is 15.5. The summed E-state index contributed by atoms with van der Waals surface area (Å²) in [6.45, 7) is 0. The summed E-state index contributed by atoms with van der Waals surface area (Å²) in [6.07, 6.45) is 0. The van der Waals surface area contributed by atoms with Crippen molar-refractivity contribution in [2.75, 3.05) is 0 Å². The van der Waals surface area contributed by atoms with E-state index in [1.165, 1.54) is 75.1 Å². The lowest BCUT2D eigenvalue weighted by atomic mass is 9.85. The molecule has 0 aliphatic rings. The molecule has 9 rings (SSSR count). The minimum atomic E-state index is 0.539. The molecule has 200 valence electrons. The summed E-state index contributed by atoms with van der Waals surface area (Å²) in [4.78, 5) is 0. The molecule has 0 unspecified atom stereocenters. The lowest BCUT2D eigenvalue weighted by Gasteiger charge is -2.18. The van der Waals surface area contributed by atoms with Crippen LogP contribution < -0.4 is 0 Å². The van der Waals surface area contributed by atoms with Crippen LogP contribution in [0, 0.1) is 0 Å². The van der Waals surface area contributed by atoms with Gasteiger partial charge in [-0.05, 0) is 90.0 Å². The number of hydrogen-bond donors (Lipinski definition) is 0. The van der Waals surface area contributed by atoms with Gasteiger partial charge in [-0.2, -0.15) is 0 Å². The number of hydrogen-bond acceptors (Lipinski definition) is 1. The van der Waals surface area contributed by atoms with Crippen LogP contribution in [0.25, 0.3) is 85.9 Å². The lowest BCUT2D eigenvalue weighted by molar-refractivity contribution is 1.63. The van der Waals surface area contributed by atoms with Gasteiger partial charge in [0.2, 0.25) is 0 Å². The van der Waals surface area contributed by atoms with Gasteiger partial charge >= 0.3 is 0 Å². The molecule has 0 atom stereocenters. The van der Waals surface area contributed by atoms with Crippen LogP contribution in [0.5, 0.6) is 0 Å². The van der Waals surface area contributed by atoms with Gasteiger partial charge in [-0.15, -0.1) is 11.3 Å². The molecule has 9 aromatic rings. The Morgan fingerprint density at radius 1 is 0.349 bits per heavy atom. The average molecular weight is 564 g/mol. The zero-order valence-corrected chi connectivity index (χ0v) is 24.2. The topological polar surface area (TPSA) is 0 Å². The molecule has 1 heterocycles. The Morgan fingerprint density at radius 2 is 0.907 bits per heavy atom. The van der Waals surface area contributed by atoms with E-state index in [1.54, 1.807) is 0 Å². The molecule has 0 saturated heterocycles. The van der Waals surface area contributed by atoms with Gasteiger partial charge in [0.05, 0.1) is 1.37 Å². The molecular formula is C42H26S. The molecule has 0 amide bonds. The molecule has 0 spiro atoms. The predicted octanol–water partition coefficient (Wildman–Crippen LogP) is 12.5. The predicted molar refractivity (Wildman–Crippen MR) is 188 cm³/mol. The van der Waals surface area contributed by atoms with E-state index in [-0.39, 0.29) is 0 Å². The van der Waals surface area contributed by atoms with Gasteiger partial charge < -0.3 is 0 Å². The summed E-state index contributed by atoms with van der Waals surface area (Å²) in [5.74, 6) is 0. The molecule has 0 radical (unpaired) electrons. The van der Waals surface area contributed by atoms with Crippen LogP contribution >= 0.6 is 11.3 Å². The van der Waals surface area contributed by atoms with Gasteiger partial charge in [-0.25, -0.2) is 0 Å². The van der Waals surface area contributed by atoms with Gasteiger partial charge in [0.25, 0.3) is 0 Å². The fourth-order valence-corrected chi connectivity index (χ4v) is 7.85. The Morgan fingerprint density at radius 3 is 1.63 bits per heavy atom.